The number of hydrogen-bond acceptors (Lipinski definition) is 7. The second-order valence-electron chi connectivity index (χ2n) is 7.62. The fourth-order valence-corrected chi connectivity index (χ4v) is 4.28. The van der Waals surface area contributed by atoms with Gasteiger partial charge in [-0.15, -0.1) is 0 Å². The summed E-state index contributed by atoms with van der Waals surface area (Å²) in [6.45, 7) is 1.89. The Labute approximate surface area is 200 Å². The molecule has 0 unspecified atom stereocenters. The molecule has 0 saturated carbocycles. The standard InChI is InChI=1S/C24H16F3N5O2S/c1-14-9-10-28-19(11-14)32-22(33)17-7-2-3-8-18(17)29-23(32)35-13-20-30-21(31-34-20)15-5-4-6-16(12-15)24(25,26)27/h2-12H,13H2,1H3. The predicted molar refractivity (Wildman–Crippen MR) is 124 cm³/mol. The molecule has 0 amide bonds. The molecule has 0 radical (unpaired) electrons. The number of aromatic nitrogens is 5. The summed E-state index contributed by atoms with van der Waals surface area (Å²) in [5.74, 6) is 0.776. The molecular formula is C24H16F3N5O2S. The lowest BCUT2D eigenvalue weighted by Gasteiger charge is -2.12. The van der Waals surface area contributed by atoms with Gasteiger partial charge in [-0.05, 0) is 48.9 Å². The molecule has 0 spiro atoms. The van der Waals surface area contributed by atoms with Crippen molar-refractivity contribution in [1.29, 1.82) is 0 Å². The van der Waals surface area contributed by atoms with E-state index in [0.29, 0.717) is 21.9 Å². The van der Waals surface area contributed by atoms with Crippen LogP contribution in [0.4, 0.5) is 13.2 Å². The first-order valence-corrected chi connectivity index (χ1v) is 11.4. The van der Waals surface area contributed by atoms with Gasteiger partial charge in [0.25, 0.3) is 5.56 Å². The number of hydrogen-bond donors (Lipinski definition) is 0. The summed E-state index contributed by atoms with van der Waals surface area (Å²) in [4.78, 5) is 26.5. The molecule has 176 valence electrons. The van der Waals surface area contributed by atoms with Gasteiger partial charge < -0.3 is 4.52 Å². The first-order valence-electron chi connectivity index (χ1n) is 10.4. The molecule has 0 N–H and O–H groups in total. The monoisotopic (exact) mass is 495 g/mol. The minimum Gasteiger partial charge on any atom is -0.338 e. The van der Waals surface area contributed by atoms with E-state index in [1.165, 1.54) is 28.5 Å². The van der Waals surface area contributed by atoms with Gasteiger partial charge in [-0.3, -0.25) is 4.79 Å². The van der Waals surface area contributed by atoms with E-state index in [4.69, 9.17) is 4.52 Å². The Balaban J connectivity index is 1.48. The molecular weight excluding hydrogens is 479 g/mol. The summed E-state index contributed by atoms with van der Waals surface area (Å²) >= 11 is 1.18. The highest BCUT2D eigenvalue weighted by Gasteiger charge is 2.30. The number of pyridine rings is 1. The number of halogens is 3. The lowest BCUT2D eigenvalue weighted by molar-refractivity contribution is -0.137. The minimum absolute atomic E-state index is 0.0379. The van der Waals surface area contributed by atoms with Crippen LogP contribution in [0.3, 0.4) is 0 Å². The van der Waals surface area contributed by atoms with Crippen molar-refractivity contribution in [1.82, 2.24) is 24.7 Å². The second kappa shape index (κ2) is 8.99. The van der Waals surface area contributed by atoms with Gasteiger partial charge in [0.15, 0.2) is 5.16 Å². The third-order valence-corrected chi connectivity index (χ3v) is 6.04. The molecule has 2 aromatic carbocycles. The zero-order valence-electron chi connectivity index (χ0n) is 18.2. The maximum atomic E-state index is 13.3. The molecule has 11 heteroatoms. The number of aryl methyl sites for hydroxylation is 1. The molecule has 5 rings (SSSR count). The van der Waals surface area contributed by atoms with E-state index < -0.39 is 11.7 Å². The van der Waals surface area contributed by atoms with Crippen LogP contribution < -0.4 is 5.56 Å². The normalized spacial score (nSPS) is 11.8. The maximum absolute atomic E-state index is 13.3. The van der Waals surface area contributed by atoms with Crippen molar-refractivity contribution < 1.29 is 17.7 Å². The van der Waals surface area contributed by atoms with Crippen LogP contribution in [0.2, 0.25) is 0 Å². The van der Waals surface area contributed by atoms with Gasteiger partial charge in [-0.1, -0.05) is 41.2 Å². The van der Waals surface area contributed by atoms with Crippen LogP contribution >= 0.6 is 11.8 Å². The quantitative estimate of drug-likeness (QED) is 0.237. The first-order chi connectivity index (χ1) is 16.8. The van der Waals surface area contributed by atoms with Crippen molar-refractivity contribution in [3.63, 3.8) is 0 Å². The Morgan fingerprint density at radius 2 is 1.86 bits per heavy atom. The predicted octanol–water partition coefficient (Wildman–Crippen LogP) is 5.45. The van der Waals surface area contributed by atoms with Crippen molar-refractivity contribution in [2.75, 3.05) is 0 Å². The highest BCUT2D eigenvalue weighted by atomic mass is 32.2. The van der Waals surface area contributed by atoms with Crippen LogP contribution in [0, 0.1) is 6.92 Å². The zero-order chi connectivity index (χ0) is 24.6. The van der Waals surface area contributed by atoms with Crippen LogP contribution in [-0.2, 0) is 11.9 Å². The lowest BCUT2D eigenvalue weighted by Crippen LogP contribution is -2.22. The topological polar surface area (TPSA) is 86.7 Å². The zero-order valence-corrected chi connectivity index (χ0v) is 19.0. The summed E-state index contributed by atoms with van der Waals surface area (Å²) in [6, 6.07) is 15.3. The minimum atomic E-state index is -4.48. The van der Waals surface area contributed by atoms with Gasteiger partial charge in [-0.2, -0.15) is 18.2 Å². The van der Waals surface area contributed by atoms with Gasteiger partial charge in [0.2, 0.25) is 11.7 Å². The van der Waals surface area contributed by atoms with Crippen molar-refractivity contribution in [3.8, 4) is 17.2 Å². The third-order valence-electron chi connectivity index (χ3n) is 5.12. The third kappa shape index (κ3) is 4.67. The molecule has 0 aliphatic heterocycles. The molecule has 3 heterocycles. The van der Waals surface area contributed by atoms with Crippen molar-refractivity contribution in [2.45, 2.75) is 24.0 Å². The number of thioether (sulfide) groups is 1. The molecule has 0 bridgehead atoms. The highest BCUT2D eigenvalue weighted by molar-refractivity contribution is 7.98. The van der Waals surface area contributed by atoms with Crippen LogP contribution in [0.1, 0.15) is 17.0 Å². The van der Waals surface area contributed by atoms with Crippen LogP contribution in [-0.4, -0.2) is 24.7 Å². The van der Waals surface area contributed by atoms with Crippen LogP contribution in [0.5, 0.6) is 0 Å². The smallest absolute Gasteiger partial charge is 0.338 e. The molecule has 0 aliphatic carbocycles. The maximum Gasteiger partial charge on any atom is 0.416 e. The van der Waals surface area contributed by atoms with Crippen molar-refractivity contribution in [3.05, 3.63) is 94.2 Å². The fraction of sp³-hybridized carbons (Fsp3) is 0.125. The number of alkyl halides is 3. The van der Waals surface area contributed by atoms with E-state index >= 15 is 0 Å². The number of para-hydroxylation sites is 1. The Kier molecular flexibility index (Phi) is 5.85. The molecule has 0 fully saturated rings. The van der Waals surface area contributed by atoms with Crippen molar-refractivity contribution in [2.24, 2.45) is 0 Å². The number of nitrogens with zero attached hydrogens (tertiary/aromatic N) is 5. The Morgan fingerprint density at radius 1 is 1.03 bits per heavy atom. The molecule has 3 aromatic heterocycles. The van der Waals surface area contributed by atoms with E-state index in [1.54, 1.807) is 36.5 Å². The first kappa shape index (κ1) is 22.8. The molecule has 35 heavy (non-hydrogen) atoms. The Bertz CT molecular complexity index is 1600. The van der Waals surface area contributed by atoms with E-state index in [2.05, 4.69) is 20.1 Å². The highest BCUT2D eigenvalue weighted by Crippen LogP contribution is 2.32. The lowest BCUT2D eigenvalue weighted by atomic mass is 10.1. The average Bonchev–Trinajstić information content (AvgIpc) is 3.32. The fourth-order valence-electron chi connectivity index (χ4n) is 3.45. The van der Waals surface area contributed by atoms with Crippen molar-refractivity contribution >= 4 is 22.7 Å². The van der Waals surface area contributed by atoms with Gasteiger partial charge in [0, 0.05) is 11.8 Å². The van der Waals surface area contributed by atoms with Crippen LogP contribution in [0.25, 0.3) is 28.1 Å². The summed E-state index contributed by atoms with van der Waals surface area (Å²) in [7, 11) is 0. The Hall–Kier alpha value is -3.99. The van der Waals surface area contributed by atoms with E-state index in [0.717, 1.165) is 17.7 Å². The number of benzene rings is 2. The molecule has 5 aromatic rings. The van der Waals surface area contributed by atoms with Gasteiger partial charge in [-0.25, -0.2) is 14.5 Å². The molecule has 0 atom stereocenters. The number of rotatable bonds is 5. The largest absolute Gasteiger partial charge is 0.416 e. The molecule has 0 aliphatic rings. The van der Waals surface area contributed by atoms with E-state index in [1.807, 2.05) is 13.0 Å². The average molecular weight is 495 g/mol. The molecule has 7 nitrogen and oxygen atoms in total. The summed E-state index contributed by atoms with van der Waals surface area (Å²) in [6.07, 6.45) is -2.87. The molecule has 0 saturated heterocycles. The van der Waals surface area contributed by atoms with Gasteiger partial charge >= 0.3 is 6.18 Å². The van der Waals surface area contributed by atoms with Gasteiger partial charge in [0.05, 0.1) is 22.2 Å². The summed E-state index contributed by atoms with van der Waals surface area (Å²) in [5.41, 5.74) is 0.564. The van der Waals surface area contributed by atoms with E-state index in [9.17, 15) is 18.0 Å². The Morgan fingerprint density at radius 3 is 2.66 bits per heavy atom. The van der Waals surface area contributed by atoms with E-state index in [-0.39, 0.29) is 28.6 Å². The van der Waals surface area contributed by atoms with Gasteiger partial charge in [0.1, 0.15) is 5.82 Å². The van der Waals surface area contributed by atoms with Crippen LogP contribution in [0.15, 0.2) is 81.3 Å². The number of fused-ring (bicyclic) bond motifs is 1. The summed E-state index contributed by atoms with van der Waals surface area (Å²) in [5, 5.41) is 4.63. The SMILES string of the molecule is Cc1ccnc(-n2c(SCc3nc(-c4cccc(C(F)(F)F)c4)no3)nc3ccccc3c2=O)c1. The summed E-state index contributed by atoms with van der Waals surface area (Å²) < 4.78 is 45.8. The second-order valence-corrected chi connectivity index (χ2v) is 8.56.